The number of hydrogen-bond donors (Lipinski definition) is 0. The lowest BCUT2D eigenvalue weighted by atomic mass is 10.1. The van der Waals surface area contributed by atoms with E-state index >= 15 is 0 Å². The molecule has 0 aromatic heterocycles. The first kappa shape index (κ1) is 18.3. The zero-order valence-electron chi connectivity index (χ0n) is 15.7. The molecule has 1 heterocycles. The van der Waals surface area contributed by atoms with Gasteiger partial charge in [0, 0.05) is 19.2 Å². The minimum Gasteiger partial charge on any atom is -0.454 e. The molecule has 0 bridgehead atoms. The molecule has 1 aliphatic heterocycles. The third-order valence-electron chi connectivity index (χ3n) is 4.65. The van der Waals surface area contributed by atoms with Gasteiger partial charge >= 0.3 is 0 Å². The first-order chi connectivity index (χ1) is 12.7. The van der Waals surface area contributed by atoms with Crippen molar-refractivity contribution in [2.45, 2.75) is 39.5 Å². The summed E-state index contributed by atoms with van der Waals surface area (Å²) in [4.78, 5) is 14.5. The molecule has 138 valence electrons. The number of amides is 1. The second-order valence-corrected chi connectivity index (χ2v) is 6.68. The number of nitrogens with zero attached hydrogens (tertiary/aromatic N) is 1. The van der Waals surface area contributed by atoms with Crippen LogP contribution in [-0.2, 0) is 4.79 Å². The molecule has 0 aliphatic carbocycles. The first-order valence-electron chi connectivity index (χ1n) is 9.51. The molecular formula is C22H27NO3. The predicted octanol–water partition coefficient (Wildman–Crippen LogP) is 5.01. The van der Waals surface area contributed by atoms with Crippen LogP contribution in [0.5, 0.6) is 11.5 Å². The van der Waals surface area contributed by atoms with Crippen molar-refractivity contribution in [3.05, 3.63) is 42.0 Å². The lowest BCUT2D eigenvalue weighted by molar-refractivity contribution is -0.126. The number of unbranched alkanes of at least 4 members (excludes halogenated alkanes) is 2. The zero-order valence-corrected chi connectivity index (χ0v) is 15.7. The molecule has 0 saturated heterocycles. The fourth-order valence-electron chi connectivity index (χ4n) is 3.06. The van der Waals surface area contributed by atoms with E-state index in [4.69, 9.17) is 9.47 Å². The number of hydrogen-bond acceptors (Lipinski definition) is 3. The van der Waals surface area contributed by atoms with Crippen LogP contribution in [0.25, 0.3) is 16.8 Å². The van der Waals surface area contributed by atoms with Crippen molar-refractivity contribution in [2.75, 3.05) is 19.9 Å². The SMILES string of the molecule is CCCCN(CCCC)C(=O)/C=C/c1ccc2cc3c(cc2c1)OCO3. The molecular weight excluding hydrogens is 326 g/mol. The van der Waals surface area contributed by atoms with E-state index in [1.165, 1.54) is 0 Å². The van der Waals surface area contributed by atoms with Crippen molar-refractivity contribution >= 4 is 22.8 Å². The fraction of sp³-hybridized carbons (Fsp3) is 0.409. The second-order valence-electron chi connectivity index (χ2n) is 6.68. The van der Waals surface area contributed by atoms with Crippen LogP contribution in [0, 0.1) is 0 Å². The van der Waals surface area contributed by atoms with Gasteiger partial charge in [-0.3, -0.25) is 4.79 Å². The lowest BCUT2D eigenvalue weighted by Gasteiger charge is -2.20. The maximum Gasteiger partial charge on any atom is 0.246 e. The molecule has 0 saturated carbocycles. The van der Waals surface area contributed by atoms with E-state index in [1.54, 1.807) is 6.08 Å². The van der Waals surface area contributed by atoms with E-state index in [0.29, 0.717) is 0 Å². The molecule has 3 rings (SSSR count). The zero-order chi connectivity index (χ0) is 18.4. The molecule has 0 N–H and O–H groups in total. The van der Waals surface area contributed by atoms with Crippen molar-refractivity contribution in [1.29, 1.82) is 0 Å². The Kier molecular flexibility index (Phi) is 6.16. The van der Waals surface area contributed by atoms with Gasteiger partial charge in [0.25, 0.3) is 0 Å². The highest BCUT2D eigenvalue weighted by Crippen LogP contribution is 2.36. The van der Waals surface area contributed by atoms with Gasteiger partial charge in [-0.25, -0.2) is 0 Å². The maximum atomic E-state index is 12.5. The quantitative estimate of drug-likeness (QED) is 0.626. The average Bonchev–Trinajstić information content (AvgIpc) is 3.11. The molecule has 0 fully saturated rings. The Morgan fingerprint density at radius 3 is 2.31 bits per heavy atom. The van der Waals surface area contributed by atoms with E-state index in [9.17, 15) is 4.79 Å². The standard InChI is InChI=1S/C22H27NO3/c1-3-5-11-23(12-6-4-2)22(24)10-8-17-7-9-18-14-20-21(26-16-25-20)15-19(18)13-17/h7-10,13-15H,3-6,11-12,16H2,1-2H3/b10-8+. The molecule has 0 radical (unpaired) electrons. The highest BCUT2D eigenvalue weighted by Gasteiger charge is 2.14. The highest BCUT2D eigenvalue weighted by atomic mass is 16.7. The van der Waals surface area contributed by atoms with E-state index in [0.717, 1.165) is 66.6 Å². The first-order valence-corrected chi connectivity index (χ1v) is 9.51. The van der Waals surface area contributed by atoms with Crippen molar-refractivity contribution in [3.63, 3.8) is 0 Å². The van der Waals surface area contributed by atoms with Crippen LogP contribution in [0.4, 0.5) is 0 Å². The van der Waals surface area contributed by atoms with Gasteiger partial charge in [0.2, 0.25) is 12.7 Å². The smallest absolute Gasteiger partial charge is 0.246 e. The number of fused-ring (bicyclic) bond motifs is 2. The van der Waals surface area contributed by atoms with Gasteiger partial charge in [0.1, 0.15) is 0 Å². The summed E-state index contributed by atoms with van der Waals surface area (Å²) in [5, 5.41) is 2.18. The summed E-state index contributed by atoms with van der Waals surface area (Å²) in [7, 11) is 0. The predicted molar refractivity (Wildman–Crippen MR) is 106 cm³/mol. The topological polar surface area (TPSA) is 38.8 Å². The fourth-order valence-corrected chi connectivity index (χ4v) is 3.06. The Morgan fingerprint density at radius 1 is 1.00 bits per heavy atom. The molecule has 26 heavy (non-hydrogen) atoms. The Labute approximate surface area is 155 Å². The summed E-state index contributed by atoms with van der Waals surface area (Å²) < 4.78 is 10.9. The van der Waals surface area contributed by atoms with Crippen LogP contribution < -0.4 is 9.47 Å². The number of rotatable bonds is 8. The van der Waals surface area contributed by atoms with E-state index in [2.05, 4.69) is 19.9 Å². The number of ether oxygens (including phenoxy) is 2. The monoisotopic (exact) mass is 353 g/mol. The van der Waals surface area contributed by atoms with Crippen LogP contribution >= 0.6 is 0 Å². The Morgan fingerprint density at radius 2 is 1.65 bits per heavy atom. The van der Waals surface area contributed by atoms with Gasteiger partial charge < -0.3 is 14.4 Å². The normalized spacial score (nSPS) is 12.8. The second kappa shape index (κ2) is 8.75. The number of benzene rings is 2. The van der Waals surface area contributed by atoms with Crippen LogP contribution in [0.15, 0.2) is 36.4 Å². The Balaban J connectivity index is 1.73. The van der Waals surface area contributed by atoms with E-state index < -0.39 is 0 Å². The summed E-state index contributed by atoms with van der Waals surface area (Å²) in [6.07, 6.45) is 7.89. The van der Waals surface area contributed by atoms with Crippen molar-refractivity contribution in [3.8, 4) is 11.5 Å². The molecule has 0 spiro atoms. The molecule has 0 unspecified atom stereocenters. The molecule has 1 aliphatic rings. The van der Waals surface area contributed by atoms with Crippen LogP contribution in [0.1, 0.15) is 45.1 Å². The largest absolute Gasteiger partial charge is 0.454 e. The average molecular weight is 353 g/mol. The van der Waals surface area contributed by atoms with Gasteiger partial charge in [-0.15, -0.1) is 0 Å². The third-order valence-corrected chi connectivity index (χ3v) is 4.65. The minimum atomic E-state index is 0.0951. The van der Waals surface area contributed by atoms with Crippen LogP contribution in [0.2, 0.25) is 0 Å². The summed E-state index contributed by atoms with van der Waals surface area (Å²) in [5.74, 6) is 1.66. The molecule has 1 amide bonds. The minimum absolute atomic E-state index is 0.0951. The summed E-state index contributed by atoms with van der Waals surface area (Å²) in [6.45, 7) is 6.25. The van der Waals surface area contributed by atoms with Crippen LogP contribution in [0.3, 0.4) is 0 Å². The van der Waals surface area contributed by atoms with Crippen molar-refractivity contribution in [2.24, 2.45) is 0 Å². The van der Waals surface area contributed by atoms with Gasteiger partial charge in [-0.2, -0.15) is 0 Å². The van der Waals surface area contributed by atoms with Crippen molar-refractivity contribution in [1.82, 2.24) is 4.90 Å². The number of carbonyl (C=O) groups excluding carboxylic acids is 1. The lowest BCUT2D eigenvalue weighted by Crippen LogP contribution is -2.31. The number of carbonyl (C=O) groups is 1. The molecule has 4 heteroatoms. The van der Waals surface area contributed by atoms with Crippen molar-refractivity contribution < 1.29 is 14.3 Å². The van der Waals surface area contributed by atoms with Gasteiger partial charge in [-0.1, -0.05) is 38.8 Å². The summed E-state index contributed by atoms with van der Waals surface area (Å²) in [6, 6.07) is 10.1. The third kappa shape index (κ3) is 4.37. The Bertz CT molecular complexity index is 789. The van der Waals surface area contributed by atoms with E-state index in [-0.39, 0.29) is 12.7 Å². The summed E-state index contributed by atoms with van der Waals surface area (Å²) >= 11 is 0. The van der Waals surface area contributed by atoms with Gasteiger partial charge in [0.05, 0.1) is 0 Å². The van der Waals surface area contributed by atoms with E-state index in [1.807, 2.05) is 35.2 Å². The molecule has 0 atom stereocenters. The molecule has 2 aromatic rings. The van der Waals surface area contributed by atoms with Gasteiger partial charge in [-0.05, 0) is 53.5 Å². The molecule has 2 aromatic carbocycles. The maximum absolute atomic E-state index is 12.5. The van der Waals surface area contributed by atoms with Gasteiger partial charge in [0.15, 0.2) is 11.5 Å². The summed E-state index contributed by atoms with van der Waals surface area (Å²) in [5.41, 5.74) is 1.01. The highest BCUT2D eigenvalue weighted by molar-refractivity contribution is 5.93. The Hall–Kier alpha value is -2.49. The molecule has 4 nitrogen and oxygen atoms in total. The van der Waals surface area contributed by atoms with Crippen LogP contribution in [-0.4, -0.2) is 30.7 Å².